The number of nitrogen functional groups attached to an aromatic ring is 1. The summed E-state index contributed by atoms with van der Waals surface area (Å²) in [6.45, 7) is 0. The van der Waals surface area contributed by atoms with Crippen LogP contribution >= 0.6 is 31.9 Å². The van der Waals surface area contributed by atoms with Crippen LogP contribution in [0.25, 0.3) is 22.3 Å². The third kappa shape index (κ3) is 11.9. The molecular formula is C40H32Br2N4O7. The lowest BCUT2D eigenvalue weighted by atomic mass is 10.0. The number of carboxylic acid groups (broad SMARTS) is 1. The standard InChI is InChI=1S/C20H15BrN2O3.C15H12O4.C5H5BrN2/c1-26-20(25)16-8-4-14(5-9-16)13-2-6-15(7-3-13)19(24)23-18-11-10-17(21)12-22-18;1-19-15(18)13-8-4-11(5-9-13)10-2-6-12(7-3-10)14(16)17;6-4-1-2-5(7)8-3-4/h2-12H,1H3,(H,22,23,24);2-9H,1H3,(H,16,17);1-3H,(H2,7,8). The average molecular weight is 841 g/mol. The van der Waals surface area contributed by atoms with Crippen molar-refractivity contribution in [2.24, 2.45) is 0 Å². The van der Waals surface area contributed by atoms with Crippen LogP contribution in [0.2, 0.25) is 0 Å². The van der Waals surface area contributed by atoms with E-state index in [9.17, 15) is 19.2 Å². The summed E-state index contributed by atoms with van der Waals surface area (Å²) in [4.78, 5) is 53.7. The van der Waals surface area contributed by atoms with Gasteiger partial charge in [-0.25, -0.2) is 24.4 Å². The molecule has 2 heterocycles. The third-order valence-corrected chi connectivity index (χ3v) is 8.22. The number of halogens is 2. The Morgan fingerprint density at radius 2 is 0.925 bits per heavy atom. The van der Waals surface area contributed by atoms with E-state index in [0.29, 0.717) is 28.3 Å². The molecule has 0 fully saturated rings. The van der Waals surface area contributed by atoms with E-state index in [1.54, 1.807) is 97.3 Å². The molecule has 4 aromatic carbocycles. The second-order valence-corrected chi connectivity index (χ2v) is 12.6. The molecule has 13 heteroatoms. The first-order valence-electron chi connectivity index (χ1n) is 15.6. The normalized spacial score (nSPS) is 9.96. The van der Waals surface area contributed by atoms with Gasteiger partial charge in [-0.3, -0.25) is 4.79 Å². The molecule has 2 aromatic heterocycles. The van der Waals surface area contributed by atoms with E-state index in [0.717, 1.165) is 31.2 Å². The number of ether oxygens (including phenoxy) is 2. The zero-order valence-corrected chi connectivity index (χ0v) is 31.5. The highest BCUT2D eigenvalue weighted by atomic mass is 79.9. The Morgan fingerprint density at radius 1 is 0.547 bits per heavy atom. The number of hydrogen-bond donors (Lipinski definition) is 3. The number of esters is 2. The minimum absolute atomic E-state index is 0.229. The number of methoxy groups -OCH3 is 2. The van der Waals surface area contributed by atoms with E-state index in [4.69, 9.17) is 10.8 Å². The zero-order chi connectivity index (χ0) is 38.3. The fourth-order valence-electron chi connectivity index (χ4n) is 4.48. The van der Waals surface area contributed by atoms with Crippen LogP contribution in [-0.2, 0) is 9.47 Å². The molecule has 0 aliphatic carbocycles. The molecule has 0 saturated carbocycles. The monoisotopic (exact) mass is 838 g/mol. The first-order chi connectivity index (χ1) is 25.5. The number of carboxylic acids is 1. The van der Waals surface area contributed by atoms with E-state index in [2.05, 4.69) is 56.6 Å². The predicted octanol–water partition coefficient (Wildman–Crippen LogP) is 8.81. The van der Waals surface area contributed by atoms with Gasteiger partial charge in [0.25, 0.3) is 5.91 Å². The number of amides is 1. The summed E-state index contributed by atoms with van der Waals surface area (Å²) >= 11 is 6.53. The largest absolute Gasteiger partial charge is 0.478 e. The number of aromatic nitrogens is 2. The minimum atomic E-state index is -0.951. The summed E-state index contributed by atoms with van der Waals surface area (Å²) in [5.41, 5.74) is 10.7. The number of hydrogen-bond acceptors (Lipinski definition) is 9. The molecule has 0 atom stereocenters. The van der Waals surface area contributed by atoms with Gasteiger partial charge >= 0.3 is 17.9 Å². The van der Waals surface area contributed by atoms with Gasteiger partial charge in [0.1, 0.15) is 11.6 Å². The van der Waals surface area contributed by atoms with Crippen molar-refractivity contribution in [3.63, 3.8) is 0 Å². The lowest BCUT2D eigenvalue weighted by Gasteiger charge is -2.07. The van der Waals surface area contributed by atoms with Gasteiger partial charge in [0.05, 0.1) is 30.9 Å². The number of anilines is 2. The lowest BCUT2D eigenvalue weighted by Crippen LogP contribution is -2.12. The number of aromatic carboxylic acids is 1. The van der Waals surface area contributed by atoms with Gasteiger partial charge in [-0.05, 0) is 127 Å². The summed E-state index contributed by atoms with van der Waals surface area (Å²) in [7, 11) is 2.69. The van der Waals surface area contributed by atoms with Crippen LogP contribution in [0.4, 0.5) is 11.6 Å². The van der Waals surface area contributed by atoms with Crippen molar-refractivity contribution in [2.75, 3.05) is 25.3 Å². The molecule has 268 valence electrons. The molecule has 0 aliphatic rings. The lowest BCUT2D eigenvalue weighted by molar-refractivity contribution is 0.0592. The SMILES string of the molecule is COC(=O)c1ccc(-c2ccc(C(=O)Nc3ccc(Br)cn3)cc2)cc1.COC(=O)c1ccc(-c2ccc(C(=O)O)cc2)cc1.Nc1ccc(Br)cn1. The number of carbonyl (C=O) groups is 4. The summed E-state index contributed by atoms with van der Waals surface area (Å²) in [6, 6.07) is 34.9. The Hall–Kier alpha value is -6.18. The second kappa shape index (κ2) is 19.4. The maximum atomic E-state index is 12.3. The van der Waals surface area contributed by atoms with Crippen LogP contribution in [0, 0.1) is 0 Å². The van der Waals surface area contributed by atoms with Gasteiger partial charge in [0, 0.05) is 26.9 Å². The van der Waals surface area contributed by atoms with Crippen molar-refractivity contribution in [2.45, 2.75) is 0 Å². The molecular weight excluding hydrogens is 808 g/mol. The minimum Gasteiger partial charge on any atom is -0.478 e. The number of benzene rings is 4. The number of rotatable bonds is 7. The number of nitrogens with one attached hydrogen (secondary N) is 1. The molecule has 6 rings (SSSR count). The molecule has 53 heavy (non-hydrogen) atoms. The van der Waals surface area contributed by atoms with E-state index < -0.39 is 5.97 Å². The Labute approximate surface area is 322 Å². The zero-order valence-electron chi connectivity index (χ0n) is 28.3. The van der Waals surface area contributed by atoms with Crippen molar-refractivity contribution >= 4 is 67.3 Å². The highest BCUT2D eigenvalue weighted by Crippen LogP contribution is 2.22. The van der Waals surface area contributed by atoms with Gasteiger partial charge in [-0.15, -0.1) is 0 Å². The van der Waals surface area contributed by atoms with Crippen LogP contribution in [0.1, 0.15) is 41.4 Å². The number of nitrogens with two attached hydrogens (primary N) is 1. The van der Waals surface area contributed by atoms with Crippen LogP contribution < -0.4 is 11.1 Å². The molecule has 0 bridgehead atoms. The van der Waals surface area contributed by atoms with E-state index in [-0.39, 0.29) is 23.4 Å². The van der Waals surface area contributed by atoms with Gasteiger partial charge < -0.3 is 25.6 Å². The Kier molecular flexibility index (Phi) is 14.5. The van der Waals surface area contributed by atoms with Gasteiger partial charge in [0.15, 0.2) is 0 Å². The third-order valence-electron chi connectivity index (χ3n) is 7.28. The topological polar surface area (TPSA) is 171 Å². The maximum Gasteiger partial charge on any atom is 0.337 e. The van der Waals surface area contributed by atoms with Gasteiger partial charge in [-0.1, -0.05) is 48.5 Å². The Balaban J connectivity index is 0.000000202. The molecule has 0 unspecified atom stereocenters. The molecule has 6 aromatic rings. The van der Waals surface area contributed by atoms with Crippen molar-refractivity contribution in [1.82, 2.24) is 9.97 Å². The fourth-order valence-corrected chi connectivity index (χ4v) is 4.95. The predicted molar refractivity (Wildman–Crippen MR) is 210 cm³/mol. The summed E-state index contributed by atoms with van der Waals surface area (Å²) < 4.78 is 11.1. The molecule has 0 saturated heterocycles. The average Bonchev–Trinajstić information content (AvgIpc) is 3.20. The second-order valence-electron chi connectivity index (χ2n) is 10.8. The first kappa shape index (κ1) is 39.6. The van der Waals surface area contributed by atoms with Crippen molar-refractivity contribution in [1.29, 1.82) is 0 Å². The summed E-state index contributed by atoms with van der Waals surface area (Å²) in [5, 5.41) is 11.6. The first-order valence-corrected chi connectivity index (χ1v) is 17.2. The smallest absolute Gasteiger partial charge is 0.337 e. The fraction of sp³-hybridized carbons (Fsp3) is 0.0500. The number of carbonyl (C=O) groups excluding carboxylic acids is 3. The van der Waals surface area contributed by atoms with E-state index in [1.165, 1.54) is 14.2 Å². The number of pyridine rings is 2. The summed E-state index contributed by atoms with van der Waals surface area (Å²) in [6.07, 6.45) is 3.28. The molecule has 1 amide bonds. The van der Waals surface area contributed by atoms with Crippen LogP contribution in [-0.4, -0.2) is 53.1 Å². The number of nitrogens with zero attached hydrogens (tertiary/aromatic N) is 2. The highest BCUT2D eigenvalue weighted by Gasteiger charge is 2.10. The van der Waals surface area contributed by atoms with Crippen LogP contribution in [0.15, 0.2) is 143 Å². The maximum absolute atomic E-state index is 12.3. The van der Waals surface area contributed by atoms with Crippen molar-refractivity contribution in [3.05, 3.63) is 165 Å². The van der Waals surface area contributed by atoms with Gasteiger partial charge in [-0.2, -0.15) is 0 Å². The molecule has 4 N–H and O–H groups in total. The quantitative estimate of drug-likeness (QED) is 0.132. The molecule has 0 spiro atoms. The van der Waals surface area contributed by atoms with Gasteiger partial charge in [0.2, 0.25) is 0 Å². The van der Waals surface area contributed by atoms with Crippen molar-refractivity contribution < 1.29 is 33.8 Å². The van der Waals surface area contributed by atoms with Crippen LogP contribution in [0.5, 0.6) is 0 Å². The van der Waals surface area contributed by atoms with E-state index in [1.807, 2.05) is 36.4 Å². The molecule has 0 aliphatic heterocycles. The van der Waals surface area contributed by atoms with Crippen molar-refractivity contribution in [3.8, 4) is 22.3 Å². The van der Waals surface area contributed by atoms with E-state index >= 15 is 0 Å². The Bertz CT molecular complexity index is 2120. The highest BCUT2D eigenvalue weighted by molar-refractivity contribution is 9.10. The van der Waals surface area contributed by atoms with Crippen LogP contribution in [0.3, 0.4) is 0 Å². The Morgan fingerprint density at radius 3 is 1.25 bits per heavy atom. The molecule has 11 nitrogen and oxygen atoms in total. The molecule has 0 radical (unpaired) electrons. The summed E-state index contributed by atoms with van der Waals surface area (Å²) in [5.74, 6) is -0.897.